The first-order chi connectivity index (χ1) is 16.7. The van der Waals surface area contributed by atoms with E-state index in [9.17, 15) is 9.18 Å². The summed E-state index contributed by atoms with van der Waals surface area (Å²) in [5.74, 6) is 0.540. The van der Waals surface area contributed by atoms with E-state index in [1.54, 1.807) is 18.3 Å². The first kappa shape index (κ1) is 24.9. The number of ether oxygens (including phenoxy) is 2. The Morgan fingerprint density at radius 1 is 1.17 bits per heavy atom. The number of nitrogens with two attached hydrogens (primary N) is 1. The van der Waals surface area contributed by atoms with Crippen LogP contribution in [-0.4, -0.2) is 46.8 Å². The number of aromatic nitrogens is 1. The Kier molecular flexibility index (Phi) is 7.27. The smallest absolute Gasteiger partial charge is 0.404 e. The summed E-state index contributed by atoms with van der Waals surface area (Å²) in [7, 11) is 0. The number of piperidine rings is 1. The van der Waals surface area contributed by atoms with Crippen LogP contribution in [0, 0.1) is 22.6 Å². The predicted molar refractivity (Wildman–Crippen MR) is 129 cm³/mol. The van der Waals surface area contributed by atoms with Gasteiger partial charge in [-0.1, -0.05) is 32.9 Å². The second-order valence-corrected chi connectivity index (χ2v) is 10.6. The molecule has 8 heteroatoms. The zero-order chi connectivity index (χ0) is 25.2. The maximum Gasteiger partial charge on any atom is 0.404 e. The van der Waals surface area contributed by atoms with Gasteiger partial charge in [-0.05, 0) is 73.4 Å². The number of halogens is 1. The number of hydrogen-bond acceptors (Lipinski definition) is 6. The van der Waals surface area contributed by atoms with Gasteiger partial charge < -0.3 is 15.2 Å². The number of rotatable bonds is 5. The van der Waals surface area contributed by atoms with Gasteiger partial charge in [0.1, 0.15) is 35.5 Å². The molecule has 1 aliphatic carbocycles. The van der Waals surface area contributed by atoms with E-state index in [0.29, 0.717) is 11.4 Å². The van der Waals surface area contributed by atoms with Crippen LogP contribution in [0.15, 0.2) is 42.6 Å². The summed E-state index contributed by atoms with van der Waals surface area (Å²) in [6, 6.07) is 12.1. The lowest BCUT2D eigenvalue weighted by molar-refractivity contribution is -0.0776. The van der Waals surface area contributed by atoms with Crippen LogP contribution >= 0.6 is 0 Å². The van der Waals surface area contributed by atoms with Crippen LogP contribution in [0.4, 0.5) is 9.18 Å². The molecular formula is C27H33FN4O3. The molecule has 0 radical (unpaired) electrons. The minimum Gasteiger partial charge on any atom is -0.487 e. The maximum atomic E-state index is 13.6. The first-order valence-electron chi connectivity index (χ1n) is 12.2. The summed E-state index contributed by atoms with van der Waals surface area (Å²) in [5.41, 5.74) is 6.67. The summed E-state index contributed by atoms with van der Waals surface area (Å²) >= 11 is 0. The minimum atomic E-state index is -0.752. The number of nitriles is 1. The molecule has 1 amide bonds. The van der Waals surface area contributed by atoms with E-state index in [1.807, 2.05) is 18.2 Å². The van der Waals surface area contributed by atoms with Gasteiger partial charge in [-0.15, -0.1) is 0 Å². The molecule has 4 rings (SSSR count). The predicted octanol–water partition coefficient (Wildman–Crippen LogP) is 4.76. The third-order valence-corrected chi connectivity index (χ3v) is 7.15. The van der Waals surface area contributed by atoms with Crippen molar-refractivity contribution in [1.29, 1.82) is 5.26 Å². The number of carbonyl (C=O) groups is 1. The highest BCUT2D eigenvalue weighted by Gasteiger charge is 2.49. The molecule has 1 aromatic carbocycles. The molecule has 4 unspecified atom stereocenters. The summed E-state index contributed by atoms with van der Waals surface area (Å²) in [6.45, 7) is 7.31. The van der Waals surface area contributed by atoms with Crippen LogP contribution in [0.1, 0.15) is 63.6 Å². The summed E-state index contributed by atoms with van der Waals surface area (Å²) in [4.78, 5) is 18.3. The van der Waals surface area contributed by atoms with Crippen molar-refractivity contribution in [1.82, 2.24) is 9.88 Å². The fourth-order valence-electron chi connectivity index (χ4n) is 5.84. The molecule has 0 bridgehead atoms. The Labute approximate surface area is 206 Å². The van der Waals surface area contributed by atoms with Crippen molar-refractivity contribution in [3.05, 3.63) is 59.7 Å². The van der Waals surface area contributed by atoms with Gasteiger partial charge in [-0.2, -0.15) is 5.26 Å². The molecule has 7 nitrogen and oxygen atoms in total. The van der Waals surface area contributed by atoms with Crippen molar-refractivity contribution >= 4 is 6.09 Å². The number of hydrogen-bond donors (Lipinski definition) is 1. The van der Waals surface area contributed by atoms with Crippen LogP contribution in [0.3, 0.4) is 0 Å². The lowest BCUT2D eigenvalue weighted by Gasteiger charge is -2.50. The Bertz CT molecular complexity index is 1060. The number of benzene rings is 1. The zero-order valence-corrected chi connectivity index (χ0v) is 20.5. The van der Waals surface area contributed by atoms with Crippen molar-refractivity contribution in [2.75, 3.05) is 6.54 Å². The van der Waals surface area contributed by atoms with Crippen LogP contribution in [-0.2, 0) is 4.74 Å². The van der Waals surface area contributed by atoms with E-state index in [4.69, 9.17) is 20.5 Å². The second kappa shape index (κ2) is 10.2. The first-order valence-corrected chi connectivity index (χ1v) is 12.2. The third kappa shape index (κ3) is 5.73. The van der Waals surface area contributed by atoms with Gasteiger partial charge in [-0.3, -0.25) is 4.90 Å². The normalized spacial score (nSPS) is 27.2. The average molecular weight is 481 g/mol. The lowest BCUT2D eigenvalue weighted by atomic mass is 9.77. The maximum absolute atomic E-state index is 13.6. The van der Waals surface area contributed by atoms with Crippen molar-refractivity contribution in [2.24, 2.45) is 11.1 Å². The molecule has 2 aromatic rings. The number of likely N-dealkylation sites (tertiary alicyclic amines) is 1. The Morgan fingerprint density at radius 2 is 1.91 bits per heavy atom. The number of pyridine rings is 1. The molecular weight excluding hydrogens is 447 g/mol. The highest BCUT2D eigenvalue weighted by atomic mass is 19.1. The minimum absolute atomic E-state index is 0.0362. The van der Waals surface area contributed by atoms with Crippen molar-refractivity contribution < 1.29 is 18.7 Å². The fraction of sp³-hybridized carbons (Fsp3) is 0.519. The van der Waals surface area contributed by atoms with E-state index in [0.717, 1.165) is 37.8 Å². The highest BCUT2D eigenvalue weighted by Crippen LogP contribution is 2.44. The summed E-state index contributed by atoms with van der Waals surface area (Å²) < 4.78 is 25.7. The average Bonchev–Trinajstić information content (AvgIpc) is 3.22. The van der Waals surface area contributed by atoms with E-state index >= 15 is 0 Å². The van der Waals surface area contributed by atoms with Crippen LogP contribution in [0.5, 0.6) is 5.75 Å². The van der Waals surface area contributed by atoms with Gasteiger partial charge in [0.15, 0.2) is 0 Å². The molecule has 5 atom stereocenters. The SMILES string of the molecule is CC(C)(C)C1[C@H](OC(N)=O)CCCN1C1CC(c2ccc(F)cc2)CC1Oc1ccc(C#N)nc1. The van der Waals surface area contributed by atoms with Crippen LogP contribution in [0.25, 0.3) is 0 Å². The second-order valence-electron chi connectivity index (χ2n) is 10.6. The van der Waals surface area contributed by atoms with Gasteiger partial charge >= 0.3 is 6.09 Å². The topological polar surface area (TPSA) is 101 Å². The van der Waals surface area contributed by atoms with E-state index in [1.165, 1.54) is 12.1 Å². The van der Waals surface area contributed by atoms with E-state index < -0.39 is 6.09 Å². The Balaban J connectivity index is 1.65. The van der Waals surface area contributed by atoms with E-state index in [2.05, 4.69) is 30.7 Å². The van der Waals surface area contributed by atoms with Crippen LogP contribution < -0.4 is 10.5 Å². The molecule has 2 heterocycles. The Morgan fingerprint density at radius 3 is 2.51 bits per heavy atom. The summed E-state index contributed by atoms with van der Waals surface area (Å²) in [6.07, 6.45) is 3.60. The molecule has 1 saturated heterocycles. The third-order valence-electron chi connectivity index (χ3n) is 7.15. The molecule has 2 fully saturated rings. The molecule has 1 aromatic heterocycles. The van der Waals surface area contributed by atoms with Gasteiger partial charge in [0, 0.05) is 6.04 Å². The number of carbonyl (C=O) groups excluding carboxylic acids is 1. The van der Waals surface area contributed by atoms with Gasteiger partial charge in [0.2, 0.25) is 0 Å². The molecule has 2 aliphatic rings. The molecule has 0 spiro atoms. The molecule has 186 valence electrons. The van der Waals surface area contributed by atoms with Gasteiger partial charge in [-0.25, -0.2) is 14.2 Å². The van der Waals surface area contributed by atoms with Gasteiger partial charge in [0.25, 0.3) is 0 Å². The van der Waals surface area contributed by atoms with E-state index in [-0.39, 0.29) is 41.4 Å². The Hall–Kier alpha value is -3.18. The zero-order valence-electron chi connectivity index (χ0n) is 20.5. The summed E-state index contributed by atoms with van der Waals surface area (Å²) in [5, 5.41) is 9.07. The fourth-order valence-corrected chi connectivity index (χ4v) is 5.84. The molecule has 1 aliphatic heterocycles. The monoisotopic (exact) mass is 480 g/mol. The quantitative estimate of drug-likeness (QED) is 0.662. The molecule has 35 heavy (non-hydrogen) atoms. The number of primary amides is 1. The van der Waals surface area contributed by atoms with Crippen molar-refractivity contribution in [2.45, 2.75) is 76.7 Å². The van der Waals surface area contributed by atoms with Gasteiger partial charge in [0.05, 0.1) is 12.2 Å². The standard InChI is InChI=1S/C27H33FN4O3/c1-27(2,3)25-23(35-26(30)33)5-4-12-32(25)22-13-18(17-6-8-19(28)9-7-17)14-24(22)34-21-11-10-20(15-29)31-16-21/h6-11,16,18,22-25H,4-5,12-14H2,1-3H3,(H2,30,33)/t18?,22?,23-,24?,25?/m1/s1. The molecule has 1 saturated carbocycles. The van der Waals surface area contributed by atoms with Crippen molar-refractivity contribution in [3.63, 3.8) is 0 Å². The number of amides is 1. The largest absolute Gasteiger partial charge is 0.487 e. The lowest BCUT2D eigenvalue weighted by Crippen LogP contribution is -2.61. The number of nitrogens with zero attached hydrogens (tertiary/aromatic N) is 3. The van der Waals surface area contributed by atoms with Crippen LogP contribution in [0.2, 0.25) is 0 Å². The molecule has 2 N–H and O–H groups in total. The van der Waals surface area contributed by atoms with Crippen molar-refractivity contribution in [3.8, 4) is 11.8 Å². The highest BCUT2D eigenvalue weighted by molar-refractivity contribution is 5.64.